The van der Waals surface area contributed by atoms with Crippen LogP contribution in [0, 0.1) is 13.8 Å². The van der Waals surface area contributed by atoms with Gasteiger partial charge in [0.1, 0.15) is 9.84 Å². The zero-order chi connectivity index (χ0) is 14.6. The lowest BCUT2D eigenvalue weighted by Gasteiger charge is -2.08. The SMILES string of the molecule is CCC(Cl)c1c(C)nn(CCCS(=O)(=O)CC)c1C. The quantitative estimate of drug-likeness (QED) is 0.728. The van der Waals surface area contributed by atoms with E-state index in [2.05, 4.69) is 5.10 Å². The number of rotatable bonds is 7. The van der Waals surface area contributed by atoms with E-state index in [1.54, 1.807) is 6.92 Å². The van der Waals surface area contributed by atoms with Crippen LogP contribution in [0.25, 0.3) is 0 Å². The minimum absolute atomic E-state index is 0.0203. The molecule has 1 unspecified atom stereocenters. The summed E-state index contributed by atoms with van der Waals surface area (Å²) in [6.45, 7) is 8.29. The molecule has 1 heterocycles. The maximum absolute atomic E-state index is 11.5. The van der Waals surface area contributed by atoms with Gasteiger partial charge in [-0.15, -0.1) is 11.6 Å². The van der Waals surface area contributed by atoms with E-state index in [0.717, 1.165) is 23.4 Å². The minimum Gasteiger partial charge on any atom is -0.269 e. The fourth-order valence-electron chi connectivity index (χ4n) is 2.16. The molecule has 0 N–H and O–H groups in total. The summed E-state index contributed by atoms with van der Waals surface area (Å²) < 4.78 is 24.8. The van der Waals surface area contributed by atoms with Gasteiger partial charge in [-0.3, -0.25) is 4.68 Å². The first kappa shape index (κ1) is 16.5. The van der Waals surface area contributed by atoms with Crippen molar-refractivity contribution < 1.29 is 8.42 Å². The summed E-state index contributed by atoms with van der Waals surface area (Å²) in [5.41, 5.74) is 3.08. The number of hydrogen-bond acceptors (Lipinski definition) is 3. The van der Waals surface area contributed by atoms with Gasteiger partial charge in [-0.1, -0.05) is 13.8 Å². The molecule has 19 heavy (non-hydrogen) atoms. The van der Waals surface area contributed by atoms with Crippen molar-refractivity contribution in [3.63, 3.8) is 0 Å². The van der Waals surface area contributed by atoms with E-state index in [4.69, 9.17) is 11.6 Å². The van der Waals surface area contributed by atoms with Crippen molar-refractivity contribution in [2.45, 2.75) is 52.5 Å². The Bertz CT molecular complexity index is 523. The highest BCUT2D eigenvalue weighted by Gasteiger charge is 2.18. The van der Waals surface area contributed by atoms with Crippen LogP contribution in [0.4, 0.5) is 0 Å². The van der Waals surface area contributed by atoms with Crippen molar-refractivity contribution in [3.05, 3.63) is 17.0 Å². The largest absolute Gasteiger partial charge is 0.269 e. The number of aryl methyl sites for hydroxylation is 2. The highest BCUT2D eigenvalue weighted by molar-refractivity contribution is 7.91. The van der Waals surface area contributed by atoms with Gasteiger partial charge in [-0.2, -0.15) is 5.10 Å². The van der Waals surface area contributed by atoms with Gasteiger partial charge in [0.15, 0.2) is 0 Å². The Labute approximate surface area is 121 Å². The number of hydrogen-bond donors (Lipinski definition) is 0. The second-order valence-electron chi connectivity index (χ2n) is 4.77. The normalized spacial score (nSPS) is 13.7. The average molecular weight is 307 g/mol. The molecular weight excluding hydrogens is 284 g/mol. The highest BCUT2D eigenvalue weighted by atomic mass is 35.5. The van der Waals surface area contributed by atoms with E-state index in [9.17, 15) is 8.42 Å². The van der Waals surface area contributed by atoms with Crippen molar-refractivity contribution in [1.82, 2.24) is 9.78 Å². The molecule has 6 heteroatoms. The molecule has 110 valence electrons. The Morgan fingerprint density at radius 2 is 1.95 bits per heavy atom. The van der Waals surface area contributed by atoms with Crippen LogP contribution in [-0.4, -0.2) is 29.7 Å². The van der Waals surface area contributed by atoms with Gasteiger partial charge >= 0.3 is 0 Å². The third-order valence-electron chi connectivity index (χ3n) is 3.37. The van der Waals surface area contributed by atoms with Gasteiger partial charge in [0.25, 0.3) is 0 Å². The summed E-state index contributed by atoms with van der Waals surface area (Å²) in [4.78, 5) is 0. The molecule has 0 bridgehead atoms. The van der Waals surface area contributed by atoms with Crippen molar-refractivity contribution in [1.29, 1.82) is 0 Å². The van der Waals surface area contributed by atoms with E-state index < -0.39 is 9.84 Å². The monoisotopic (exact) mass is 306 g/mol. The van der Waals surface area contributed by atoms with Gasteiger partial charge in [0.2, 0.25) is 0 Å². The fourth-order valence-corrected chi connectivity index (χ4v) is 3.34. The zero-order valence-corrected chi connectivity index (χ0v) is 13.7. The molecule has 0 aliphatic carbocycles. The van der Waals surface area contributed by atoms with E-state index in [1.807, 2.05) is 25.5 Å². The Kier molecular flexibility index (Phi) is 5.86. The topological polar surface area (TPSA) is 52.0 Å². The van der Waals surface area contributed by atoms with Crippen LogP contribution < -0.4 is 0 Å². The molecule has 0 aliphatic heterocycles. The van der Waals surface area contributed by atoms with E-state index in [-0.39, 0.29) is 16.9 Å². The first-order valence-corrected chi connectivity index (χ1v) is 8.96. The number of halogens is 1. The smallest absolute Gasteiger partial charge is 0.150 e. The van der Waals surface area contributed by atoms with Gasteiger partial charge in [-0.25, -0.2) is 8.42 Å². The maximum atomic E-state index is 11.5. The highest BCUT2D eigenvalue weighted by Crippen LogP contribution is 2.29. The number of alkyl halides is 1. The molecule has 1 aromatic heterocycles. The molecule has 1 rings (SSSR count). The molecule has 0 amide bonds. The Morgan fingerprint density at radius 3 is 2.47 bits per heavy atom. The van der Waals surface area contributed by atoms with Crippen molar-refractivity contribution in [3.8, 4) is 0 Å². The molecule has 0 spiro atoms. The lowest BCUT2D eigenvalue weighted by Crippen LogP contribution is -2.12. The van der Waals surface area contributed by atoms with Crippen LogP contribution >= 0.6 is 11.6 Å². The third-order valence-corrected chi connectivity index (χ3v) is 5.69. The summed E-state index contributed by atoms with van der Waals surface area (Å²) in [5, 5.41) is 4.44. The van der Waals surface area contributed by atoms with E-state index >= 15 is 0 Å². The fraction of sp³-hybridized carbons (Fsp3) is 0.769. The van der Waals surface area contributed by atoms with Crippen LogP contribution in [0.2, 0.25) is 0 Å². The average Bonchev–Trinajstić information content (AvgIpc) is 2.64. The van der Waals surface area contributed by atoms with Gasteiger partial charge in [0.05, 0.1) is 16.8 Å². The number of sulfone groups is 1. The van der Waals surface area contributed by atoms with Crippen LogP contribution in [0.15, 0.2) is 0 Å². The Balaban J connectivity index is 2.76. The second kappa shape index (κ2) is 6.75. The minimum atomic E-state index is -2.89. The molecular formula is C13H23ClN2O2S. The van der Waals surface area contributed by atoms with Crippen molar-refractivity contribution in [2.75, 3.05) is 11.5 Å². The summed E-state index contributed by atoms with van der Waals surface area (Å²) in [7, 11) is -2.89. The van der Waals surface area contributed by atoms with Crippen LogP contribution in [-0.2, 0) is 16.4 Å². The first-order chi connectivity index (χ1) is 8.82. The van der Waals surface area contributed by atoms with Crippen molar-refractivity contribution >= 4 is 21.4 Å². The summed E-state index contributed by atoms with van der Waals surface area (Å²) in [6, 6.07) is 0. The van der Waals surface area contributed by atoms with Gasteiger partial charge < -0.3 is 0 Å². The molecule has 0 fully saturated rings. The maximum Gasteiger partial charge on any atom is 0.150 e. The zero-order valence-electron chi connectivity index (χ0n) is 12.1. The molecule has 0 aliphatic rings. The molecule has 1 atom stereocenters. The Morgan fingerprint density at radius 1 is 1.32 bits per heavy atom. The predicted octanol–water partition coefficient (Wildman–Crippen LogP) is 3.01. The molecule has 0 saturated carbocycles. The van der Waals surface area contributed by atoms with Crippen LogP contribution in [0.1, 0.15) is 49.0 Å². The van der Waals surface area contributed by atoms with Crippen LogP contribution in [0.5, 0.6) is 0 Å². The summed E-state index contributed by atoms with van der Waals surface area (Å²) in [6.07, 6.45) is 1.45. The number of aromatic nitrogens is 2. The van der Waals surface area contributed by atoms with Crippen LogP contribution in [0.3, 0.4) is 0 Å². The lowest BCUT2D eigenvalue weighted by atomic mass is 10.1. The number of nitrogens with zero attached hydrogens (tertiary/aromatic N) is 2. The summed E-state index contributed by atoms with van der Waals surface area (Å²) in [5.74, 6) is 0.421. The van der Waals surface area contributed by atoms with Crippen molar-refractivity contribution in [2.24, 2.45) is 0 Å². The summed E-state index contributed by atoms with van der Waals surface area (Å²) >= 11 is 6.29. The van der Waals surface area contributed by atoms with Gasteiger partial charge in [0, 0.05) is 23.6 Å². The standard InChI is InChI=1S/C13H23ClN2O2S/c1-5-12(14)13-10(3)15-16(11(13)4)8-7-9-19(17,18)6-2/h12H,5-9H2,1-4H3. The molecule has 1 aromatic rings. The Hall–Kier alpha value is -0.550. The van der Waals surface area contributed by atoms with Gasteiger partial charge in [-0.05, 0) is 26.7 Å². The van der Waals surface area contributed by atoms with E-state index in [1.165, 1.54) is 0 Å². The predicted molar refractivity (Wildman–Crippen MR) is 79.5 cm³/mol. The second-order valence-corrected chi connectivity index (χ2v) is 7.77. The molecule has 0 saturated heterocycles. The molecule has 0 radical (unpaired) electrons. The molecule has 0 aromatic carbocycles. The lowest BCUT2D eigenvalue weighted by molar-refractivity contribution is 0.564. The third kappa shape index (κ3) is 4.21. The molecule has 4 nitrogen and oxygen atoms in total. The van der Waals surface area contributed by atoms with E-state index in [0.29, 0.717) is 13.0 Å². The first-order valence-electron chi connectivity index (χ1n) is 6.70.